The van der Waals surface area contributed by atoms with Gasteiger partial charge in [-0.3, -0.25) is 0 Å². The van der Waals surface area contributed by atoms with E-state index < -0.39 is 0 Å². The molecule has 21 heavy (non-hydrogen) atoms. The lowest BCUT2D eigenvalue weighted by Gasteiger charge is -2.08. The van der Waals surface area contributed by atoms with Crippen molar-refractivity contribution in [3.8, 4) is 0 Å². The lowest BCUT2D eigenvalue weighted by atomic mass is 10.1. The summed E-state index contributed by atoms with van der Waals surface area (Å²) in [5, 5.41) is 2.91. The molecule has 0 aliphatic heterocycles. The molecular formula is C18H27NO2. The van der Waals surface area contributed by atoms with Crippen LogP contribution in [0.25, 0.3) is 6.08 Å². The van der Waals surface area contributed by atoms with Gasteiger partial charge < -0.3 is 10.1 Å². The molecule has 0 spiro atoms. The van der Waals surface area contributed by atoms with Crippen molar-refractivity contribution in [2.45, 2.75) is 45.4 Å². The van der Waals surface area contributed by atoms with Crippen LogP contribution in [0.1, 0.15) is 51.0 Å². The molecule has 0 saturated carbocycles. The summed E-state index contributed by atoms with van der Waals surface area (Å²) in [6.07, 6.45) is 8.94. The molecular weight excluding hydrogens is 262 g/mol. The first-order valence-electron chi connectivity index (χ1n) is 7.89. The lowest BCUT2D eigenvalue weighted by molar-refractivity contribution is -0.139. The minimum atomic E-state index is -0.282. The molecule has 0 saturated heterocycles. The molecule has 0 bridgehead atoms. The third-order valence-corrected chi connectivity index (χ3v) is 3.33. The Hall–Kier alpha value is -1.77. The van der Waals surface area contributed by atoms with Crippen molar-refractivity contribution < 1.29 is 9.53 Å². The highest BCUT2D eigenvalue weighted by molar-refractivity contribution is 5.92. The third-order valence-electron chi connectivity index (χ3n) is 3.33. The minimum Gasteiger partial charge on any atom is -0.461 e. The molecule has 3 heteroatoms. The van der Waals surface area contributed by atoms with Gasteiger partial charge in [0.05, 0.1) is 6.61 Å². The quantitative estimate of drug-likeness (QED) is 0.399. The van der Waals surface area contributed by atoms with Gasteiger partial charge in [-0.25, -0.2) is 4.79 Å². The van der Waals surface area contributed by atoms with Gasteiger partial charge in [0.1, 0.15) is 5.70 Å². The molecule has 0 atom stereocenters. The van der Waals surface area contributed by atoms with Gasteiger partial charge in [0.2, 0.25) is 0 Å². The topological polar surface area (TPSA) is 38.3 Å². The van der Waals surface area contributed by atoms with Gasteiger partial charge in [-0.1, -0.05) is 69.4 Å². The van der Waals surface area contributed by atoms with Crippen LogP contribution in [-0.2, 0) is 9.53 Å². The molecule has 0 fully saturated rings. The van der Waals surface area contributed by atoms with Gasteiger partial charge >= 0.3 is 5.97 Å². The fourth-order valence-corrected chi connectivity index (χ4v) is 2.07. The maximum atomic E-state index is 12.0. The molecule has 0 heterocycles. The highest BCUT2D eigenvalue weighted by Crippen LogP contribution is 2.08. The molecule has 3 nitrogen and oxygen atoms in total. The summed E-state index contributed by atoms with van der Waals surface area (Å²) in [5.74, 6) is -0.282. The van der Waals surface area contributed by atoms with E-state index in [1.165, 1.54) is 25.7 Å². The van der Waals surface area contributed by atoms with Crippen LogP contribution in [-0.4, -0.2) is 19.6 Å². The van der Waals surface area contributed by atoms with E-state index in [9.17, 15) is 4.79 Å². The molecule has 0 amide bonds. The Morgan fingerprint density at radius 1 is 1.10 bits per heavy atom. The van der Waals surface area contributed by atoms with Gasteiger partial charge in [-0.05, 0) is 18.1 Å². The van der Waals surface area contributed by atoms with E-state index >= 15 is 0 Å². The standard InChI is InChI=1S/C18H27NO2/c1-3-4-5-6-7-11-14-21-18(20)17(19-2)15-16-12-9-8-10-13-16/h8-10,12-13,15,19H,3-7,11,14H2,1-2H3. The second-order valence-electron chi connectivity index (χ2n) is 5.12. The summed E-state index contributed by atoms with van der Waals surface area (Å²) in [5.41, 5.74) is 1.48. The summed E-state index contributed by atoms with van der Waals surface area (Å²) < 4.78 is 5.30. The van der Waals surface area contributed by atoms with Crippen molar-refractivity contribution >= 4 is 12.0 Å². The summed E-state index contributed by atoms with van der Waals surface area (Å²) in [6, 6.07) is 9.76. The summed E-state index contributed by atoms with van der Waals surface area (Å²) in [4.78, 5) is 12.0. The van der Waals surface area contributed by atoms with E-state index in [-0.39, 0.29) is 5.97 Å². The highest BCUT2D eigenvalue weighted by Gasteiger charge is 2.08. The zero-order valence-corrected chi connectivity index (χ0v) is 13.2. The SMILES string of the molecule is CCCCCCCCOC(=O)C(=Cc1ccccc1)NC. The van der Waals surface area contributed by atoms with Gasteiger partial charge in [-0.2, -0.15) is 0 Å². The van der Waals surface area contributed by atoms with Crippen LogP contribution in [0, 0.1) is 0 Å². The fourth-order valence-electron chi connectivity index (χ4n) is 2.07. The number of hydrogen-bond donors (Lipinski definition) is 1. The molecule has 0 unspecified atom stereocenters. The Kier molecular flexibility index (Phi) is 9.01. The molecule has 1 rings (SSSR count). The predicted molar refractivity (Wildman–Crippen MR) is 87.8 cm³/mol. The van der Waals surface area contributed by atoms with E-state index in [1.807, 2.05) is 36.4 Å². The maximum Gasteiger partial charge on any atom is 0.354 e. The smallest absolute Gasteiger partial charge is 0.354 e. The Morgan fingerprint density at radius 2 is 1.76 bits per heavy atom. The second kappa shape index (κ2) is 11.0. The van der Waals surface area contributed by atoms with E-state index in [0.29, 0.717) is 12.3 Å². The number of likely N-dealkylation sites (N-methyl/N-ethyl adjacent to an activating group) is 1. The molecule has 0 aliphatic rings. The van der Waals surface area contributed by atoms with Crippen molar-refractivity contribution in [2.75, 3.05) is 13.7 Å². The number of benzene rings is 1. The number of unbranched alkanes of at least 4 members (excludes halogenated alkanes) is 5. The van der Waals surface area contributed by atoms with E-state index in [4.69, 9.17) is 4.74 Å². The van der Waals surface area contributed by atoms with Gasteiger partial charge in [0, 0.05) is 7.05 Å². The van der Waals surface area contributed by atoms with E-state index in [0.717, 1.165) is 18.4 Å². The number of carbonyl (C=O) groups is 1. The zero-order chi connectivity index (χ0) is 15.3. The molecule has 1 N–H and O–H groups in total. The average molecular weight is 289 g/mol. The fraction of sp³-hybridized carbons (Fsp3) is 0.500. The molecule has 0 aliphatic carbocycles. The Labute approximate surface area is 128 Å². The number of rotatable bonds is 10. The van der Waals surface area contributed by atoms with E-state index in [2.05, 4.69) is 12.2 Å². The van der Waals surface area contributed by atoms with Gasteiger partial charge in [-0.15, -0.1) is 0 Å². The van der Waals surface area contributed by atoms with Crippen LogP contribution < -0.4 is 5.32 Å². The maximum absolute atomic E-state index is 12.0. The van der Waals surface area contributed by atoms with Crippen LogP contribution in [0.5, 0.6) is 0 Å². The van der Waals surface area contributed by atoms with Gasteiger partial charge in [0.15, 0.2) is 0 Å². The first kappa shape index (κ1) is 17.3. The van der Waals surface area contributed by atoms with Crippen LogP contribution in [0.2, 0.25) is 0 Å². The first-order valence-corrected chi connectivity index (χ1v) is 7.89. The highest BCUT2D eigenvalue weighted by atomic mass is 16.5. The molecule has 116 valence electrons. The Bertz CT molecular complexity index is 426. The van der Waals surface area contributed by atoms with Crippen LogP contribution in [0.3, 0.4) is 0 Å². The van der Waals surface area contributed by atoms with Crippen LogP contribution >= 0.6 is 0 Å². The van der Waals surface area contributed by atoms with Crippen molar-refractivity contribution in [3.05, 3.63) is 41.6 Å². The predicted octanol–water partition coefficient (Wildman–Crippen LogP) is 4.15. The number of esters is 1. The molecule has 0 aromatic heterocycles. The van der Waals surface area contributed by atoms with Crippen LogP contribution in [0.4, 0.5) is 0 Å². The number of carbonyl (C=O) groups excluding carboxylic acids is 1. The van der Waals surface area contributed by atoms with Crippen molar-refractivity contribution in [1.82, 2.24) is 5.32 Å². The summed E-state index contributed by atoms with van der Waals surface area (Å²) in [6.45, 7) is 2.71. The lowest BCUT2D eigenvalue weighted by Crippen LogP contribution is -2.19. The minimum absolute atomic E-state index is 0.282. The molecule has 1 aromatic carbocycles. The van der Waals surface area contributed by atoms with Gasteiger partial charge in [0.25, 0.3) is 0 Å². The monoisotopic (exact) mass is 289 g/mol. The Morgan fingerprint density at radius 3 is 2.43 bits per heavy atom. The number of ether oxygens (including phenoxy) is 1. The summed E-state index contributed by atoms with van der Waals surface area (Å²) >= 11 is 0. The molecule has 0 radical (unpaired) electrons. The largest absolute Gasteiger partial charge is 0.461 e. The second-order valence-corrected chi connectivity index (χ2v) is 5.12. The third kappa shape index (κ3) is 7.54. The first-order chi connectivity index (χ1) is 10.3. The van der Waals surface area contributed by atoms with E-state index in [1.54, 1.807) is 7.05 Å². The normalized spacial score (nSPS) is 11.2. The average Bonchev–Trinajstić information content (AvgIpc) is 2.52. The number of nitrogens with one attached hydrogen (secondary N) is 1. The Balaban J connectivity index is 2.30. The van der Waals surface area contributed by atoms with Crippen molar-refractivity contribution in [1.29, 1.82) is 0 Å². The van der Waals surface area contributed by atoms with Crippen LogP contribution in [0.15, 0.2) is 36.0 Å². The molecule has 1 aromatic rings. The van der Waals surface area contributed by atoms with Crippen molar-refractivity contribution in [3.63, 3.8) is 0 Å². The van der Waals surface area contributed by atoms with Crippen molar-refractivity contribution in [2.24, 2.45) is 0 Å². The zero-order valence-electron chi connectivity index (χ0n) is 13.2. The number of hydrogen-bond acceptors (Lipinski definition) is 3. The summed E-state index contributed by atoms with van der Waals surface area (Å²) in [7, 11) is 1.74.